The average Bonchev–Trinajstić information content (AvgIpc) is 2.90. The standard InChI is InChI=1S/C15H11NO2S/c1-18-15(17)12-7-3-2-6-11(12)13-9-10-5-4-8-16-14(10)19-13/h2-9H,1H3. The van der Waals surface area contributed by atoms with Gasteiger partial charge >= 0.3 is 5.97 Å². The third kappa shape index (κ3) is 2.11. The number of hydrogen-bond donors (Lipinski definition) is 0. The van der Waals surface area contributed by atoms with Gasteiger partial charge in [0.15, 0.2) is 0 Å². The first kappa shape index (κ1) is 11.9. The van der Waals surface area contributed by atoms with Gasteiger partial charge in [-0.15, -0.1) is 11.3 Å². The molecule has 0 unspecified atom stereocenters. The van der Waals surface area contributed by atoms with Crippen LogP contribution < -0.4 is 0 Å². The minimum absolute atomic E-state index is 0.319. The summed E-state index contributed by atoms with van der Waals surface area (Å²) < 4.78 is 4.82. The number of carbonyl (C=O) groups is 1. The third-order valence-corrected chi connectivity index (χ3v) is 3.98. The molecule has 0 spiro atoms. The molecule has 19 heavy (non-hydrogen) atoms. The SMILES string of the molecule is COC(=O)c1ccccc1-c1cc2cccnc2s1. The van der Waals surface area contributed by atoms with E-state index in [0.29, 0.717) is 5.56 Å². The summed E-state index contributed by atoms with van der Waals surface area (Å²) in [5.74, 6) is -0.319. The van der Waals surface area contributed by atoms with Crippen molar-refractivity contribution in [2.45, 2.75) is 0 Å². The largest absolute Gasteiger partial charge is 0.465 e. The molecular weight excluding hydrogens is 258 g/mol. The Hall–Kier alpha value is -2.20. The lowest BCUT2D eigenvalue weighted by Gasteiger charge is -2.04. The second-order valence-corrected chi connectivity index (χ2v) is 5.08. The zero-order chi connectivity index (χ0) is 13.2. The molecule has 3 rings (SSSR count). The fourth-order valence-electron chi connectivity index (χ4n) is 1.99. The van der Waals surface area contributed by atoms with Gasteiger partial charge in [-0.3, -0.25) is 0 Å². The van der Waals surface area contributed by atoms with Gasteiger partial charge in [-0.2, -0.15) is 0 Å². The number of nitrogens with zero attached hydrogens (tertiary/aromatic N) is 1. The molecule has 0 radical (unpaired) electrons. The minimum atomic E-state index is -0.319. The number of pyridine rings is 1. The molecule has 0 aliphatic rings. The van der Waals surface area contributed by atoms with E-state index in [9.17, 15) is 4.79 Å². The van der Waals surface area contributed by atoms with E-state index >= 15 is 0 Å². The quantitative estimate of drug-likeness (QED) is 0.665. The van der Waals surface area contributed by atoms with Crippen molar-refractivity contribution < 1.29 is 9.53 Å². The maximum absolute atomic E-state index is 11.8. The minimum Gasteiger partial charge on any atom is -0.465 e. The highest BCUT2D eigenvalue weighted by atomic mass is 32.1. The summed E-state index contributed by atoms with van der Waals surface area (Å²) in [6.07, 6.45) is 1.77. The Morgan fingerprint density at radius 3 is 2.84 bits per heavy atom. The second kappa shape index (κ2) is 4.82. The number of aromatic nitrogens is 1. The number of ether oxygens (including phenoxy) is 1. The molecule has 0 saturated carbocycles. The van der Waals surface area contributed by atoms with Gasteiger partial charge < -0.3 is 4.74 Å². The monoisotopic (exact) mass is 269 g/mol. The summed E-state index contributed by atoms with van der Waals surface area (Å²) in [6.45, 7) is 0. The van der Waals surface area contributed by atoms with Crippen LogP contribution in [0, 0.1) is 0 Å². The van der Waals surface area contributed by atoms with E-state index in [1.165, 1.54) is 7.11 Å². The molecule has 0 amide bonds. The first-order chi connectivity index (χ1) is 9.29. The van der Waals surface area contributed by atoms with Gasteiger partial charge in [-0.05, 0) is 18.2 Å². The maximum atomic E-state index is 11.8. The zero-order valence-electron chi connectivity index (χ0n) is 10.3. The lowest BCUT2D eigenvalue weighted by molar-refractivity contribution is 0.0601. The van der Waals surface area contributed by atoms with E-state index in [1.54, 1.807) is 23.6 Å². The second-order valence-electron chi connectivity index (χ2n) is 4.05. The fourth-order valence-corrected chi connectivity index (χ4v) is 3.03. The van der Waals surface area contributed by atoms with Gasteiger partial charge in [-0.25, -0.2) is 9.78 Å². The normalized spacial score (nSPS) is 10.6. The summed E-state index contributed by atoms with van der Waals surface area (Å²) in [6, 6.07) is 13.4. The first-order valence-electron chi connectivity index (χ1n) is 5.82. The van der Waals surface area contributed by atoms with Crippen LogP contribution in [-0.2, 0) is 4.74 Å². The number of benzene rings is 1. The van der Waals surface area contributed by atoms with Crippen LogP contribution in [0.25, 0.3) is 20.7 Å². The third-order valence-electron chi connectivity index (χ3n) is 2.89. The molecular formula is C15H11NO2S. The molecule has 94 valence electrons. The Kier molecular flexibility index (Phi) is 3.01. The van der Waals surface area contributed by atoms with Gasteiger partial charge in [0.05, 0.1) is 12.7 Å². The Labute approximate surface area is 114 Å². The van der Waals surface area contributed by atoms with E-state index in [0.717, 1.165) is 20.7 Å². The Balaban J connectivity index is 2.18. The fraction of sp³-hybridized carbons (Fsp3) is 0.0667. The highest BCUT2D eigenvalue weighted by Gasteiger charge is 2.14. The molecule has 2 aromatic heterocycles. The van der Waals surface area contributed by atoms with Gasteiger partial charge in [-0.1, -0.05) is 24.3 Å². The van der Waals surface area contributed by atoms with Crippen LogP contribution in [0.15, 0.2) is 48.7 Å². The average molecular weight is 269 g/mol. The van der Waals surface area contributed by atoms with Crippen molar-refractivity contribution in [3.63, 3.8) is 0 Å². The topological polar surface area (TPSA) is 39.2 Å². The summed E-state index contributed by atoms with van der Waals surface area (Å²) in [7, 11) is 1.39. The van der Waals surface area contributed by atoms with Gasteiger partial charge in [0.25, 0.3) is 0 Å². The number of carbonyl (C=O) groups excluding carboxylic acids is 1. The van der Waals surface area contributed by atoms with Gasteiger partial charge in [0, 0.05) is 22.0 Å². The predicted molar refractivity (Wildman–Crippen MR) is 76.4 cm³/mol. The molecule has 0 fully saturated rings. The van der Waals surface area contributed by atoms with Gasteiger partial charge in [0.1, 0.15) is 4.83 Å². The number of thiophene rings is 1. The molecule has 0 aliphatic heterocycles. The van der Waals surface area contributed by atoms with E-state index in [1.807, 2.05) is 30.3 Å². The highest BCUT2D eigenvalue weighted by molar-refractivity contribution is 7.21. The van der Waals surface area contributed by atoms with Crippen molar-refractivity contribution in [1.29, 1.82) is 0 Å². The molecule has 4 heteroatoms. The van der Waals surface area contributed by atoms with Crippen LogP contribution in [0.5, 0.6) is 0 Å². The predicted octanol–water partition coefficient (Wildman–Crippen LogP) is 3.75. The van der Waals surface area contributed by atoms with Crippen molar-refractivity contribution in [1.82, 2.24) is 4.98 Å². The first-order valence-corrected chi connectivity index (χ1v) is 6.63. The summed E-state index contributed by atoms with van der Waals surface area (Å²) in [5.41, 5.74) is 1.47. The van der Waals surface area contributed by atoms with Crippen LogP contribution in [0.1, 0.15) is 10.4 Å². The molecule has 0 atom stereocenters. The smallest absolute Gasteiger partial charge is 0.338 e. The van der Waals surface area contributed by atoms with Crippen LogP contribution >= 0.6 is 11.3 Å². The number of methoxy groups -OCH3 is 1. The van der Waals surface area contributed by atoms with E-state index < -0.39 is 0 Å². The molecule has 0 saturated heterocycles. The highest BCUT2D eigenvalue weighted by Crippen LogP contribution is 2.34. The molecule has 0 bridgehead atoms. The van der Waals surface area contributed by atoms with Crippen molar-refractivity contribution in [3.8, 4) is 10.4 Å². The van der Waals surface area contributed by atoms with Crippen molar-refractivity contribution >= 4 is 27.5 Å². The Bertz CT molecular complexity index is 715. The Morgan fingerprint density at radius 1 is 1.21 bits per heavy atom. The summed E-state index contributed by atoms with van der Waals surface area (Å²) in [5, 5.41) is 1.09. The van der Waals surface area contributed by atoms with Crippen LogP contribution in [-0.4, -0.2) is 18.1 Å². The van der Waals surface area contributed by atoms with Crippen LogP contribution in [0.4, 0.5) is 0 Å². The summed E-state index contributed by atoms with van der Waals surface area (Å²) >= 11 is 1.57. The van der Waals surface area contributed by atoms with E-state index in [2.05, 4.69) is 11.1 Å². The number of rotatable bonds is 2. The molecule has 3 nitrogen and oxygen atoms in total. The van der Waals surface area contributed by atoms with Crippen molar-refractivity contribution in [2.24, 2.45) is 0 Å². The van der Waals surface area contributed by atoms with E-state index in [4.69, 9.17) is 4.74 Å². The van der Waals surface area contributed by atoms with Crippen molar-refractivity contribution in [3.05, 3.63) is 54.2 Å². The molecule has 0 N–H and O–H groups in total. The number of esters is 1. The maximum Gasteiger partial charge on any atom is 0.338 e. The molecule has 0 aliphatic carbocycles. The Morgan fingerprint density at radius 2 is 2.05 bits per heavy atom. The number of hydrogen-bond acceptors (Lipinski definition) is 4. The lowest BCUT2D eigenvalue weighted by Crippen LogP contribution is -2.02. The summed E-state index contributed by atoms with van der Waals surface area (Å²) in [4.78, 5) is 18.1. The number of fused-ring (bicyclic) bond motifs is 1. The van der Waals surface area contributed by atoms with E-state index in [-0.39, 0.29) is 5.97 Å². The lowest BCUT2D eigenvalue weighted by atomic mass is 10.1. The van der Waals surface area contributed by atoms with Gasteiger partial charge in [0.2, 0.25) is 0 Å². The molecule has 2 heterocycles. The molecule has 1 aromatic carbocycles. The van der Waals surface area contributed by atoms with Crippen molar-refractivity contribution in [2.75, 3.05) is 7.11 Å². The van der Waals surface area contributed by atoms with Crippen LogP contribution in [0.3, 0.4) is 0 Å². The zero-order valence-corrected chi connectivity index (χ0v) is 11.1. The molecule has 3 aromatic rings. The van der Waals surface area contributed by atoms with Crippen LogP contribution in [0.2, 0.25) is 0 Å².